The van der Waals surface area contributed by atoms with Gasteiger partial charge < -0.3 is 20.1 Å². The topological polar surface area (TPSA) is 68.3 Å². The molecule has 2 N–H and O–H groups in total. The Morgan fingerprint density at radius 2 is 1.48 bits per heavy atom. The fraction of sp³-hybridized carbons (Fsp3) is 0.238. The summed E-state index contributed by atoms with van der Waals surface area (Å²) in [5.74, 6) is 3.48. The van der Waals surface area contributed by atoms with Crippen molar-refractivity contribution in [1.29, 1.82) is 0 Å². The van der Waals surface area contributed by atoms with Crippen LogP contribution in [0, 0.1) is 20.8 Å². The molecule has 0 aliphatic rings. The molecule has 1 heterocycles. The van der Waals surface area contributed by atoms with E-state index in [2.05, 4.69) is 46.6 Å². The lowest BCUT2D eigenvalue weighted by molar-refractivity contribution is 0.405. The highest BCUT2D eigenvalue weighted by atomic mass is 16.5. The van der Waals surface area contributed by atoms with Crippen LogP contribution in [0.4, 0.5) is 23.0 Å². The number of aromatic nitrogens is 2. The minimum atomic E-state index is 0.660. The molecule has 3 rings (SSSR count). The highest BCUT2D eigenvalue weighted by Crippen LogP contribution is 2.31. The van der Waals surface area contributed by atoms with E-state index in [-0.39, 0.29) is 0 Å². The van der Waals surface area contributed by atoms with Gasteiger partial charge in [0.15, 0.2) is 0 Å². The summed E-state index contributed by atoms with van der Waals surface area (Å²) >= 11 is 0. The first kappa shape index (κ1) is 18.5. The van der Waals surface area contributed by atoms with E-state index in [1.165, 1.54) is 11.1 Å². The number of hydrogen-bond donors (Lipinski definition) is 2. The molecule has 6 heteroatoms. The Bertz CT molecular complexity index is 957. The summed E-state index contributed by atoms with van der Waals surface area (Å²) in [6.45, 7) is 6.05. The van der Waals surface area contributed by atoms with E-state index in [1.54, 1.807) is 14.2 Å². The lowest BCUT2D eigenvalue weighted by Crippen LogP contribution is -2.03. The SMILES string of the molecule is COc1ccc(OC)c(Nc2cc(Nc3ccc(C)c(C)c3)nc(C)n2)c1. The van der Waals surface area contributed by atoms with Crippen LogP contribution in [-0.4, -0.2) is 24.2 Å². The second kappa shape index (κ2) is 7.95. The van der Waals surface area contributed by atoms with E-state index < -0.39 is 0 Å². The van der Waals surface area contributed by atoms with Crippen LogP contribution < -0.4 is 20.1 Å². The minimum absolute atomic E-state index is 0.660. The molecule has 1 aromatic heterocycles. The van der Waals surface area contributed by atoms with E-state index in [0.29, 0.717) is 17.4 Å². The van der Waals surface area contributed by atoms with E-state index in [4.69, 9.17) is 9.47 Å². The van der Waals surface area contributed by atoms with E-state index >= 15 is 0 Å². The third-order valence-electron chi connectivity index (χ3n) is 4.29. The first-order valence-corrected chi connectivity index (χ1v) is 8.67. The average molecular weight is 364 g/mol. The minimum Gasteiger partial charge on any atom is -0.497 e. The van der Waals surface area contributed by atoms with Crippen molar-refractivity contribution in [3.63, 3.8) is 0 Å². The number of anilines is 4. The van der Waals surface area contributed by atoms with E-state index in [1.807, 2.05) is 37.3 Å². The number of hydrogen-bond acceptors (Lipinski definition) is 6. The first-order valence-electron chi connectivity index (χ1n) is 8.67. The van der Waals surface area contributed by atoms with Crippen LogP contribution in [0.15, 0.2) is 42.5 Å². The van der Waals surface area contributed by atoms with Crippen molar-refractivity contribution in [2.45, 2.75) is 20.8 Å². The maximum atomic E-state index is 5.42. The monoisotopic (exact) mass is 364 g/mol. The van der Waals surface area contributed by atoms with Gasteiger partial charge in [-0.05, 0) is 56.2 Å². The van der Waals surface area contributed by atoms with Gasteiger partial charge in [-0.2, -0.15) is 0 Å². The van der Waals surface area contributed by atoms with Gasteiger partial charge in [-0.1, -0.05) is 6.07 Å². The molecule has 0 aliphatic heterocycles. The zero-order chi connectivity index (χ0) is 19.4. The van der Waals surface area contributed by atoms with Crippen LogP contribution >= 0.6 is 0 Å². The van der Waals surface area contributed by atoms with Crippen molar-refractivity contribution in [3.8, 4) is 11.5 Å². The van der Waals surface area contributed by atoms with Crippen molar-refractivity contribution in [1.82, 2.24) is 9.97 Å². The maximum absolute atomic E-state index is 5.42. The van der Waals surface area contributed by atoms with Crippen LogP contribution in [0.2, 0.25) is 0 Å². The van der Waals surface area contributed by atoms with Crippen LogP contribution in [0.25, 0.3) is 0 Å². The zero-order valence-corrected chi connectivity index (χ0v) is 16.3. The predicted octanol–water partition coefficient (Wildman–Crippen LogP) is 4.91. The van der Waals surface area contributed by atoms with Crippen molar-refractivity contribution in [2.24, 2.45) is 0 Å². The fourth-order valence-electron chi connectivity index (χ4n) is 2.71. The summed E-state index contributed by atoms with van der Waals surface area (Å²) in [5.41, 5.74) is 4.24. The number of benzene rings is 2. The van der Waals surface area contributed by atoms with Crippen molar-refractivity contribution in [3.05, 3.63) is 59.4 Å². The molecule has 0 atom stereocenters. The number of nitrogens with zero attached hydrogens (tertiary/aromatic N) is 2. The van der Waals surface area contributed by atoms with Gasteiger partial charge in [0.1, 0.15) is 29.0 Å². The summed E-state index contributed by atoms with van der Waals surface area (Å²) < 4.78 is 10.7. The van der Waals surface area contributed by atoms with Crippen LogP contribution in [-0.2, 0) is 0 Å². The molecule has 0 aliphatic carbocycles. The van der Waals surface area contributed by atoms with E-state index in [0.717, 1.165) is 22.9 Å². The van der Waals surface area contributed by atoms with Crippen molar-refractivity contribution >= 4 is 23.0 Å². The molecule has 0 fully saturated rings. The van der Waals surface area contributed by atoms with Crippen molar-refractivity contribution < 1.29 is 9.47 Å². The van der Waals surface area contributed by atoms with Crippen LogP contribution in [0.1, 0.15) is 17.0 Å². The first-order chi connectivity index (χ1) is 13.0. The highest BCUT2D eigenvalue weighted by Gasteiger charge is 2.09. The molecular formula is C21H24N4O2. The number of methoxy groups -OCH3 is 2. The Kier molecular flexibility index (Phi) is 5.45. The lowest BCUT2D eigenvalue weighted by atomic mass is 10.1. The highest BCUT2D eigenvalue weighted by molar-refractivity contribution is 5.69. The predicted molar refractivity (Wildman–Crippen MR) is 109 cm³/mol. The third kappa shape index (κ3) is 4.47. The third-order valence-corrected chi connectivity index (χ3v) is 4.29. The molecule has 2 aromatic carbocycles. The normalized spacial score (nSPS) is 10.4. The van der Waals surface area contributed by atoms with Gasteiger partial charge in [-0.25, -0.2) is 9.97 Å². The summed E-state index contributed by atoms with van der Waals surface area (Å²) in [4.78, 5) is 8.96. The molecule has 0 bridgehead atoms. The van der Waals surface area contributed by atoms with Gasteiger partial charge in [-0.3, -0.25) is 0 Å². The van der Waals surface area contributed by atoms with Crippen LogP contribution in [0.3, 0.4) is 0 Å². The Morgan fingerprint density at radius 1 is 0.741 bits per heavy atom. The number of nitrogens with one attached hydrogen (secondary N) is 2. The second-order valence-electron chi connectivity index (χ2n) is 6.30. The van der Waals surface area contributed by atoms with Gasteiger partial charge >= 0.3 is 0 Å². The largest absolute Gasteiger partial charge is 0.497 e. The quantitative estimate of drug-likeness (QED) is 0.648. The molecule has 0 radical (unpaired) electrons. The molecule has 0 spiro atoms. The number of ether oxygens (including phenoxy) is 2. The summed E-state index contributed by atoms with van der Waals surface area (Å²) in [5, 5.41) is 6.63. The summed E-state index contributed by atoms with van der Waals surface area (Å²) in [6, 6.07) is 13.7. The standard InChI is InChI=1S/C21H24N4O2/c1-13-6-7-16(10-14(13)2)24-20-12-21(23-15(3)22-20)25-18-11-17(26-4)8-9-19(18)27-5/h6-12H,1-5H3,(H2,22,23,24,25). The molecule has 27 heavy (non-hydrogen) atoms. The summed E-state index contributed by atoms with van der Waals surface area (Å²) in [7, 11) is 3.26. The molecule has 3 aromatic rings. The van der Waals surface area contributed by atoms with Crippen LogP contribution in [0.5, 0.6) is 11.5 Å². The average Bonchev–Trinajstić information content (AvgIpc) is 2.64. The van der Waals surface area contributed by atoms with Gasteiger partial charge in [0.25, 0.3) is 0 Å². The van der Waals surface area contributed by atoms with Gasteiger partial charge in [-0.15, -0.1) is 0 Å². The number of aryl methyl sites for hydroxylation is 3. The Hall–Kier alpha value is -3.28. The Morgan fingerprint density at radius 3 is 2.15 bits per heavy atom. The van der Waals surface area contributed by atoms with Crippen molar-refractivity contribution in [2.75, 3.05) is 24.9 Å². The molecule has 0 amide bonds. The number of rotatable bonds is 6. The molecule has 0 saturated heterocycles. The van der Waals surface area contributed by atoms with E-state index in [9.17, 15) is 0 Å². The molecule has 140 valence electrons. The zero-order valence-electron chi connectivity index (χ0n) is 16.3. The van der Waals surface area contributed by atoms with Gasteiger partial charge in [0.2, 0.25) is 0 Å². The van der Waals surface area contributed by atoms with Gasteiger partial charge in [0.05, 0.1) is 19.9 Å². The van der Waals surface area contributed by atoms with Gasteiger partial charge in [0, 0.05) is 17.8 Å². The molecule has 0 saturated carbocycles. The smallest absolute Gasteiger partial charge is 0.142 e. The lowest BCUT2D eigenvalue weighted by Gasteiger charge is -2.14. The Balaban J connectivity index is 1.88. The Labute approximate surface area is 159 Å². The maximum Gasteiger partial charge on any atom is 0.142 e. The molecular weight excluding hydrogens is 340 g/mol. The fourth-order valence-corrected chi connectivity index (χ4v) is 2.71. The second-order valence-corrected chi connectivity index (χ2v) is 6.30. The summed E-state index contributed by atoms with van der Waals surface area (Å²) in [6.07, 6.45) is 0. The molecule has 6 nitrogen and oxygen atoms in total. The molecule has 0 unspecified atom stereocenters.